The predicted molar refractivity (Wildman–Crippen MR) is 65.4 cm³/mol. The van der Waals surface area contributed by atoms with Crippen LogP contribution in [-0.4, -0.2) is 30.0 Å². The lowest BCUT2D eigenvalue weighted by atomic mass is 9.97. The van der Waals surface area contributed by atoms with Gasteiger partial charge in [-0.15, -0.1) is 0 Å². The zero-order valence-corrected chi connectivity index (χ0v) is 10.1. The van der Waals surface area contributed by atoms with E-state index in [1.807, 2.05) is 6.92 Å². The van der Waals surface area contributed by atoms with Gasteiger partial charge in [0.2, 0.25) is 0 Å². The minimum atomic E-state index is -0.0533. The van der Waals surface area contributed by atoms with Crippen molar-refractivity contribution < 1.29 is 9.53 Å². The van der Waals surface area contributed by atoms with Crippen LogP contribution in [0.1, 0.15) is 36.5 Å². The first-order chi connectivity index (χ1) is 8.31. The van der Waals surface area contributed by atoms with Crippen LogP contribution >= 0.6 is 0 Å². The number of rotatable bonds is 4. The third-order valence-electron chi connectivity index (χ3n) is 2.94. The van der Waals surface area contributed by atoms with E-state index in [0.717, 1.165) is 25.8 Å². The summed E-state index contributed by atoms with van der Waals surface area (Å²) in [6.45, 7) is 3.42. The second-order valence-corrected chi connectivity index (χ2v) is 4.21. The highest BCUT2D eigenvalue weighted by Gasteiger charge is 2.22. The molecule has 0 aromatic carbocycles. The van der Waals surface area contributed by atoms with Gasteiger partial charge in [0.25, 0.3) is 0 Å². The first kappa shape index (κ1) is 12.0. The molecule has 1 saturated heterocycles. The lowest BCUT2D eigenvalue weighted by Gasteiger charge is -2.22. The largest absolute Gasteiger partial charge is 0.492 e. The number of carbonyl (C=O) groups excluding carboxylic acids is 1. The number of pyridine rings is 1. The molecule has 2 heterocycles. The van der Waals surface area contributed by atoms with Crippen molar-refractivity contribution in [3.63, 3.8) is 0 Å². The van der Waals surface area contributed by atoms with Crippen molar-refractivity contribution in [2.45, 2.75) is 32.2 Å². The van der Waals surface area contributed by atoms with Gasteiger partial charge in [0.1, 0.15) is 5.75 Å². The maximum absolute atomic E-state index is 12.2. The number of hydrogen-bond acceptors (Lipinski definition) is 4. The Hall–Kier alpha value is -1.42. The smallest absolute Gasteiger partial charge is 0.181 e. The molecular weight excluding hydrogens is 216 g/mol. The summed E-state index contributed by atoms with van der Waals surface area (Å²) in [6.07, 6.45) is 6.43. The molecule has 1 aliphatic heterocycles. The van der Waals surface area contributed by atoms with E-state index in [1.165, 1.54) is 0 Å². The normalized spacial score (nSPS) is 19.9. The molecule has 1 atom stereocenters. The number of nitrogens with one attached hydrogen (secondary N) is 1. The second kappa shape index (κ2) is 5.77. The maximum atomic E-state index is 12.2. The van der Waals surface area contributed by atoms with E-state index >= 15 is 0 Å². The van der Waals surface area contributed by atoms with Gasteiger partial charge in [0.05, 0.1) is 18.8 Å². The molecule has 1 aromatic heterocycles. The molecule has 92 valence electrons. The molecule has 0 saturated carbocycles. The fourth-order valence-corrected chi connectivity index (χ4v) is 2.08. The summed E-state index contributed by atoms with van der Waals surface area (Å²) in [5.74, 6) is 0.785. The van der Waals surface area contributed by atoms with Gasteiger partial charge in [-0.25, -0.2) is 0 Å². The first-order valence-electron chi connectivity index (χ1n) is 6.16. The molecule has 0 amide bonds. The summed E-state index contributed by atoms with van der Waals surface area (Å²) in [7, 11) is 0. The summed E-state index contributed by atoms with van der Waals surface area (Å²) in [6, 6.07) is 1.72. The molecule has 1 aliphatic rings. The number of piperidine rings is 1. The van der Waals surface area contributed by atoms with Gasteiger partial charge in [-0.1, -0.05) is 6.42 Å². The van der Waals surface area contributed by atoms with Crippen LogP contribution in [-0.2, 0) is 0 Å². The number of aromatic nitrogens is 1. The minimum absolute atomic E-state index is 0.0533. The molecule has 1 aromatic rings. The fourth-order valence-electron chi connectivity index (χ4n) is 2.08. The van der Waals surface area contributed by atoms with Crippen LogP contribution in [0.4, 0.5) is 0 Å². The number of nitrogens with zero attached hydrogens (tertiary/aromatic N) is 1. The summed E-state index contributed by atoms with van der Waals surface area (Å²) in [5, 5.41) is 3.25. The third kappa shape index (κ3) is 3.03. The van der Waals surface area contributed by atoms with Gasteiger partial charge in [-0.3, -0.25) is 9.78 Å². The highest BCUT2D eigenvalue weighted by molar-refractivity contribution is 6.00. The van der Waals surface area contributed by atoms with Gasteiger partial charge in [-0.2, -0.15) is 0 Å². The van der Waals surface area contributed by atoms with Gasteiger partial charge in [-0.05, 0) is 32.4 Å². The van der Waals surface area contributed by atoms with Crippen LogP contribution < -0.4 is 10.1 Å². The van der Waals surface area contributed by atoms with Crippen molar-refractivity contribution in [2.24, 2.45) is 0 Å². The second-order valence-electron chi connectivity index (χ2n) is 4.21. The zero-order chi connectivity index (χ0) is 12.1. The average Bonchev–Trinajstić information content (AvgIpc) is 2.40. The number of ether oxygens (including phenoxy) is 1. The number of carbonyl (C=O) groups is 1. The summed E-state index contributed by atoms with van der Waals surface area (Å²) >= 11 is 0. The molecule has 0 bridgehead atoms. The van der Waals surface area contributed by atoms with Gasteiger partial charge < -0.3 is 10.1 Å². The molecule has 0 spiro atoms. The number of hydrogen-bond donors (Lipinski definition) is 1. The van der Waals surface area contributed by atoms with Gasteiger partial charge in [0, 0.05) is 11.8 Å². The molecular formula is C13H18N2O2. The lowest BCUT2D eigenvalue weighted by molar-refractivity contribution is 0.0926. The molecule has 0 radical (unpaired) electrons. The molecule has 2 rings (SSSR count). The molecule has 4 nitrogen and oxygen atoms in total. The highest BCUT2D eigenvalue weighted by Crippen LogP contribution is 2.16. The topological polar surface area (TPSA) is 51.2 Å². The SMILES string of the molecule is CCOc1cncc(C(=O)C2CCCCN2)c1. The van der Waals surface area contributed by atoms with E-state index < -0.39 is 0 Å². The molecule has 0 aliphatic carbocycles. The summed E-state index contributed by atoms with van der Waals surface area (Å²) < 4.78 is 5.35. The Morgan fingerprint density at radius 2 is 2.41 bits per heavy atom. The Labute approximate surface area is 101 Å². The van der Waals surface area contributed by atoms with Crippen molar-refractivity contribution in [3.05, 3.63) is 24.0 Å². The molecule has 1 fully saturated rings. The number of Topliss-reactive ketones (excluding diaryl/α,β-unsaturated/α-hetero) is 1. The Balaban J connectivity index is 2.09. The van der Waals surface area contributed by atoms with E-state index in [2.05, 4.69) is 10.3 Å². The van der Waals surface area contributed by atoms with E-state index in [0.29, 0.717) is 17.9 Å². The van der Waals surface area contributed by atoms with Crippen LogP contribution in [0.25, 0.3) is 0 Å². The minimum Gasteiger partial charge on any atom is -0.492 e. The van der Waals surface area contributed by atoms with Crippen molar-refractivity contribution in [1.82, 2.24) is 10.3 Å². The predicted octanol–water partition coefficient (Wildman–Crippen LogP) is 1.81. The fraction of sp³-hybridized carbons (Fsp3) is 0.538. The van der Waals surface area contributed by atoms with Crippen molar-refractivity contribution in [3.8, 4) is 5.75 Å². The van der Waals surface area contributed by atoms with Crippen molar-refractivity contribution in [1.29, 1.82) is 0 Å². The standard InChI is InChI=1S/C13H18N2O2/c1-2-17-11-7-10(8-14-9-11)13(16)12-5-3-4-6-15-12/h7-9,12,15H,2-6H2,1H3. The van der Waals surface area contributed by atoms with E-state index in [-0.39, 0.29) is 11.8 Å². The third-order valence-corrected chi connectivity index (χ3v) is 2.94. The Kier molecular flexibility index (Phi) is 4.09. The molecule has 1 unspecified atom stereocenters. The molecule has 4 heteroatoms. The lowest BCUT2D eigenvalue weighted by Crippen LogP contribution is -2.40. The zero-order valence-electron chi connectivity index (χ0n) is 10.1. The van der Waals surface area contributed by atoms with E-state index in [4.69, 9.17) is 4.74 Å². The van der Waals surface area contributed by atoms with E-state index in [9.17, 15) is 4.79 Å². The Bertz CT molecular complexity index is 387. The van der Waals surface area contributed by atoms with Gasteiger partial charge >= 0.3 is 0 Å². The highest BCUT2D eigenvalue weighted by atomic mass is 16.5. The van der Waals surface area contributed by atoms with Crippen LogP contribution in [0.15, 0.2) is 18.5 Å². The number of ketones is 1. The monoisotopic (exact) mass is 234 g/mol. The maximum Gasteiger partial charge on any atom is 0.181 e. The van der Waals surface area contributed by atoms with Crippen LogP contribution in [0.3, 0.4) is 0 Å². The van der Waals surface area contributed by atoms with Crippen molar-refractivity contribution >= 4 is 5.78 Å². The van der Waals surface area contributed by atoms with Gasteiger partial charge in [0.15, 0.2) is 5.78 Å². The quantitative estimate of drug-likeness (QED) is 0.807. The van der Waals surface area contributed by atoms with E-state index in [1.54, 1.807) is 18.5 Å². The van der Waals surface area contributed by atoms with Crippen LogP contribution in [0, 0.1) is 0 Å². The van der Waals surface area contributed by atoms with Crippen LogP contribution in [0.5, 0.6) is 5.75 Å². The first-order valence-corrected chi connectivity index (χ1v) is 6.16. The Morgan fingerprint density at radius 1 is 1.53 bits per heavy atom. The summed E-state index contributed by atoms with van der Waals surface area (Å²) in [5.41, 5.74) is 0.635. The average molecular weight is 234 g/mol. The molecule has 17 heavy (non-hydrogen) atoms. The van der Waals surface area contributed by atoms with Crippen molar-refractivity contribution in [2.75, 3.05) is 13.2 Å². The Morgan fingerprint density at radius 3 is 3.12 bits per heavy atom. The van der Waals surface area contributed by atoms with Crippen LogP contribution in [0.2, 0.25) is 0 Å². The molecule has 1 N–H and O–H groups in total. The summed E-state index contributed by atoms with van der Waals surface area (Å²) in [4.78, 5) is 16.2.